The van der Waals surface area contributed by atoms with Crippen LogP contribution in [0, 0.1) is 5.92 Å². The Morgan fingerprint density at radius 3 is 2.45 bits per heavy atom. The predicted molar refractivity (Wildman–Crippen MR) is 89.8 cm³/mol. The maximum Gasteiger partial charge on any atom is 0.257 e. The number of hydrogen-bond acceptors (Lipinski definition) is 2. The maximum absolute atomic E-state index is 11.8. The van der Waals surface area contributed by atoms with E-state index in [1.807, 2.05) is 54.6 Å². The van der Waals surface area contributed by atoms with Gasteiger partial charge in [-0.25, -0.2) is 0 Å². The molecule has 0 aliphatic rings. The van der Waals surface area contributed by atoms with Crippen molar-refractivity contribution >= 4 is 5.91 Å². The summed E-state index contributed by atoms with van der Waals surface area (Å²) in [5.74, 6) is 1.23. The Bertz CT molecular complexity index is 593. The second-order valence-electron chi connectivity index (χ2n) is 5.68. The normalized spacial score (nSPS) is 10.5. The van der Waals surface area contributed by atoms with E-state index in [1.165, 1.54) is 0 Å². The van der Waals surface area contributed by atoms with Gasteiger partial charge in [-0.3, -0.25) is 4.79 Å². The number of nitrogens with one attached hydrogen (secondary N) is 1. The summed E-state index contributed by atoms with van der Waals surface area (Å²) in [6.07, 6.45) is 0.979. The van der Waals surface area contributed by atoms with Crippen LogP contribution in [0.4, 0.5) is 0 Å². The summed E-state index contributed by atoms with van der Waals surface area (Å²) < 4.78 is 5.70. The monoisotopic (exact) mass is 297 g/mol. The van der Waals surface area contributed by atoms with Crippen LogP contribution in [-0.2, 0) is 4.79 Å². The first kappa shape index (κ1) is 16.1. The van der Waals surface area contributed by atoms with Gasteiger partial charge in [-0.05, 0) is 24.0 Å². The van der Waals surface area contributed by atoms with Crippen molar-refractivity contribution in [2.75, 3.05) is 13.2 Å². The highest BCUT2D eigenvalue weighted by Gasteiger charge is 2.08. The van der Waals surface area contributed by atoms with E-state index >= 15 is 0 Å². The van der Waals surface area contributed by atoms with Gasteiger partial charge in [-0.1, -0.05) is 62.4 Å². The molecule has 2 rings (SSSR count). The van der Waals surface area contributed by atoms with Crippen LogP contribution in [0.2, 0.25) is 0 Å². The molecule has 0 heterocycles. The molecule has 0 saturated carbocycles. The first-order valence-electron chi connectivity index (χ1n) is 7.71. The van der Waals surface area contributed by atoms with Gasteiger partial charge in [0.2, 0.25) is 0 Å². The lowest BCUT2D eigenvalue weighted by atomic mass is 10.1. The van der Waals surface area contributed by atoms with Crippen LogP contribution in [0.1, 0.15) is 20.3 Å². The fourth-order valence-electron chi connectivity index (χ4n) is 2.14. The molecule has 0 aliphatic heterocycles. The van der Waals surface area contributed by atoms with Crippen molar-refractivity contribution < 1.29 is 9.53 Å². The Morgan fingerprint density at radius 2 is 1.73 bits per heavy atom. The number of carbonyl (C=O) groups is 1. The summed E-state index contributed by atoms with van der Waals surface area (Å²) in [5.41, 5.74) is 2.08. The van der Waals surface area contributed by atoms with E-state index in [9.17, 15) is 4.79 Å². The van der Waals surface area contributed by atoms with E-state index in [-0.39, 0.29) is 12.5 Å². The van der Waals surface area contributed by atoms with Crippen molar-refractivity contribution in [3.8, 4) is 16.9 Å². The summed E-state index contributed by atoms with van der Waals surface area (Å²) in [6.45, 7) is 5.01. The molecule has 0 saturated heterocycles. The minimum Gasteiger partial charge on any atom is -0.483 e. The van der Waals surface area contributed by atoms with Crippen molar-refractivity contribution in [1.29, 1.82) is 0 Å². The van der Waals surface area contributed by atoms with Gasteiger partial charge in [-0.2, -0.15) is 0 Å². The Hall–Kier alpha value is -2.29. The van der Waals surface area contributed by atoms with Crippen molar-refractivity contribution in [1.82, 2.24) is 5.32 Å². The molecule has 116 valence electrons. The number of carbonyl (C=O) groups excluding carboxylic acids is 1. The lowest BCUT2D eigenvalue weighted by molar-refractivity contribution is -0.123. The fraction of sp³-hybridized carbons (Fsp3) is 0.316. The fourth-order valence-corrected chi connectivity index (χ4v) is 2.14. The molecule has 22 heavy (non-hydrogen) atoms. The SMILES string of the molecule is CC(C)CCNC(=O)COc1ccccc1-c1ccccc1. The van der Waals surface area contributed by atoms with Crippen LogP contribution in [0.25, 0.3) is 11.1 Å². The predicted octanol–water partition coefficient (Wildman–Crippen LogP) is 3.89. The molecule has 0 unspecified atom stereocenters. The lowest BCUT2D eigenvalue weighted by Crippen LogP contribution is -2.30. The van der Waals surface area contributed by atoms with E-state index in [0.29, 0.717) is 12.5 Å². The highest BCUT2D eigenvalue weighted by atomic mass is 16.5. The summed E-state index contributed by atoms with van der Waals surface area (Å²) in [6, 6.07) is 17.8. The average molecular weight is 297 g/mol. The summed E-state index contributed by atoms with van der Waals surface area (Å²) in [5, 5.41) is 2.88. The van der Waals surface area contributed by atoms with Gasteiger partial charge in [-0.15, -0.1) is 0 Å². The van der Waals surface area contributed by atoms with Gasteiger partial charge in [0.25, 0.3) is 5.91 Å². The number of para-hydroxylation sites is 1. The number of ether oxygens (including phenoxy) is 1. The van der Waals surface area contributed by atoms with Gasteiger partial charge in [0.15, 0.2) is 6.61 Å². The first-order valence-corrected chi connectivity index (χ1v) is 7.71. The molecule has 1 amide bonds. The molecule has 0 aromatic heterocycles. The van der Waals surface area contributed by atoms with Crippen LogP contribution in [-0.4, -0.2) is 19.1 Å². The molecule has 1 N–H and O–H groups in total. The highest BCUT2D eigenvalue weighted by Crippen LogP contribution is 2.29. The molecule has 0 spiro atoms. The Kier molecular flexibility index (Phi) is 6.01. The molecule has 3 heteroatoms. The average Bonchev–Trinajstić information content (AvgIpc) is 2.54. The van der Waals surface area contributed by atoms with Gasteiger partial charge >= 0.3 is 0 Å². The molecule has 3 nitrogen and oxygen atoms in total. The molecule has 2 aromatic rings. The number of benzene rings is 2. The van der Waals surface area contributed by atoms with E-state index in [1.54, 1.807) is 0 Å². The zero-order chi connectivity index (χ0) is 15.8. The third-order valence-electron chi connectivity index (χ3n) is 3.37. The Balaban J connectivity index is 1.95. The van der Waals surface area contributed by atoms with Crippen molar-refractivity contribution in [3.63, 3.8) is 0 Å². The summed E-state index contributed by atoms with van der Waals surface area (Å²) in [7, 11) is 0. The maximum atomic E-state index is 11.8. The standard InChI is InChI=1S/C19H23NO2/c1-15(2)12-13-20-19(21)14-22-18-11-7-6-10-17(18)16-8-4-3-5-9-16/h3-11,15H,12-14H2,1-2H3,(H,20,21). The number of amides is 1. The number of hydrogen-bond donors (Lipinski definition) is 1. The number of rotatable bonds is 7. The Labute approximate surface area is 132 Å². The summed E-state index contributed by atoms with van der Waals surface area (Å²) in [4.78, 5) is 11.8. The zero-order valence-electron chi connectivity index (χ0n) is 13.2. The second kappa shape index (κ2) is 8.23. The zero-order valence-corrected chi connectivity index (χ0v) is 13.2. The van der Waals surface area contributed by atoms with Crippen LogP contribution < -0.4 is 10.1 Å². The van der Waals surface area contributed by atoms with Crippen molar-refractivity contribution in [2.24, 2.45) is 5.92 Å². The van der Waals surface area contributed by atoms with Gasteiger partial charge in [0, 0.05) is 12.1 Å². The Morgan fingerprint density at radius 1 is 1.05 bits per heavy atom. The van der Waals surface area contributed by atoms with E-state index < -0.39 is 0 Å². The minimum absolute atomic E-state index is 0.0436. The highest BCUT2D eigenvalue weighted by molar-refractivity contribution is 5.78. The van der Waals surface area contributed by atoms with Crippen molar-refractivity contribution in [3.05, 3.63) is 54.6 Å². The lowest BCUT2D eigenvalue weighted by Gasteiger charge is -2.12. The smallest absolute Gasteiger partial charge is 0.257 e. The van der Waals surface area contributed by atoms with E-state index in [4.69, 9.17) is 4.74 Å². The van der Waals surface area contributed by atoms with Crippen LogP contribution in [0.3, 0.4) is 0 Å². The molecule has 0 atom stereocenters. The molecular formula is C19H23NO2. The van der Waals surface area contributed by atoms with Gasteiger partial charge < -0.3 is 10.1 Å². The largest absolute Gasteiger partial charge is 0.483 e. The molecule has 2 aromatic carbocycles. The minimum atomic E-state index is -0.0801. The third-order valence-corrected chi connectivity index (χ3v) is 3.37. The van der Waals surface area contributed by atoms with E-state index in [0.717, 1.165) is 23.3 Å². The molecule has 0 radical (unpaired) electrons. The van der Waals surface area contributed by atoms with Crippen LogP contribution in [0.5, 0.6) is 5.75 Å². The van der Waals surface area contributed by atoms with Crippen LogP contribution >= 0.6 is 0 Å². The van der Waals surface area contributed by atoms with Crippen LogP contribution in [0.15, 0.2) is 54.6 Å². The molecule has 0 aliphatic carbocycles. The second-order valence-corrected chi connectivity index (χ2v) is 5.68. The molecular weight excluding hydrogens is 274 g/mol. The van der Waals surface area contributed by atoms with Gasteiger partial charge in [0.1, 0.15) is 5.75 Å². The quantitative estimate of drug-likeness (QED) is 0.842. The first-order chi connectivity index (χ1) is 10.7. The van der Waals surface area contributed by atoms with E-state index in [2.05, 4.69) is 19.2 Å². The topological polar surface area (TPSA) is 38.3 Å². The third kappa shape index (κ3) is 4.92. The molecule has 0 fully saturated rings. The molecule has 0 bridgehead atoms. The summed E-state index contributed by atoms with van der Waals surface area (Å²) >= 11 is 0. The van der Waals surface area contributed by atoms with Gasteiger partial charge in [0.05, 0.1) is 0 Å². The van der Waals surface area contributed by atoms with Crippen molar-refractivity contribution in [2.45, 2.75) is 20.3 Å².